The highest BCUT2D eigenvalue weighted by molar-refractivity contribution is 5.75. The Morgan fingerprint density at radius 3 is 2.25 bits per heavy atom. The molecule has 1 rings (SSSR count). The van der Waals surface area contributed by atoms with Gasteiger partial charge in [0.2, 0.25) is 0 Å². The Labute approximate surface area is 95.0 Å². The van der Waals surface area contributed by atoms with Gasteiger partial charge in [-0.1, -0.05) is 12.8 Å². The number of hydrogen-bond acceptors (Lipinski definition) is 3. The van der Waals surface area contributed by atoms with Crippen LogP contribution in [0.2, 0.25) is 0 Å². The highest BCUT2D eigenvalue weighted by Gasteiger charge is 2.46. The van der Waals surface area contributed by atoms with Crippen LogP contribution in [0.1, 0.15) is 46.0 Å². The number of carbonyl (C=O) groups excluding carboxylic acids is 1. The maximum absolute atomic E-state index is 11.3. The molecule has 5 heteroatoms. The van der Waals surface area contributed by atoms with E-state index < -0.39 is 23.1 Å². The van der Waals surface area contributed by atoms with Gasteiger partial charge in [0.1, 0.15) is 5.60 Å². The van der Waals surface area contributed by atoms with Gasteiger partial charge in [-0.15, -0.1) is 0 Å². The predicted octanol–water partition coefficient (Wildman–Crippen LogP) is 1.90. The normalized spacial score (nSPS) is 19.4. The van der Waals surface area contributed by atoms with Crippen molar-refractivity contribution in [1.29, 1.82) is 0 Å². The monoisotopic (exact) mass is 229 g/mol. The lowest BCUT2D eigenvalue weighted by atomic mass is 9.77. The highest BCUT2D eigenvalue weighted by atomic mass is 16.6. The van der Waals surface area contributed by atoms with Crippen LogP contribution in [0.5, 0.6) is 0 Å². The van der Waals surface area contributed by atoms with Gasteiger partial charge in [-0.05, 0) is 26.7 Å². The molecular formula is C11H19NO4. The molecule has 16 heavy (non-hydrogen) atoms. The Hall–Kier alpha value is -1.26. The van der Waals surface area contributed by atoms with E-state index in [0.717, 1.165) is 12.8 Å². The minimum absolute atomic E-state index is 0.318. The third-order valence-electron chi connectivity index (χ3n) is 3.16. The van der Waals surface area contributed by atoms with Crippen molar-refractivity contribution in [3.63, 3.8) is 0 Å². The van der Waals surface area contributed by atoms with Crippen LogP contribution in [-0.4, -0.2) is 22.8 Å². The summed E-state index contributed by atoms with van der Waals surface area (Å²) in [5.74, 6) is -0.800. The van der Waals surface area contributed by atoms with Gasteiger partial charge < -0.3 is 15.6 Å². The average molecular weight is 229 g/mol. The van der Waals surface area contributed by atoms with Gasteiger partial charge >= 0.3 is 12.1 Å². The number of ether oxygens (including phenoxy) is 1. The molecule has 0 saturated heterocycles. The van der Waals surface area contributed by atoms with E-state index in [2.05, 4.69) is 0 Å². The molecule has 0 radical (unpaired) electrons. The van der Waals surface area contributed by atoms with Crippen LogP contribution < -0.4 is 5.73 Å². The number of carbonyl (C=O) groups is 2. The first-order valence-corrected chi connectivity index (χ1v) is 5.49. The number of aliphatic carboxylic acids is 1. The average Bonchev–Trinajstić information content (AvgIpc) is 2.50. The molecule has 92 valence electrons. The maximum atomic E-state index is 11.3. The molecule has 0 aromatic rings. The van der Waals surface area contributed by atoms with E-state index in [1.807, 2.05) is 0 Å². The van der Waals surface area contributed by atoms with Crippen LogP contribution in [-0.2, 0) is 9.53 Å². The first-order valence-electron chi connectivity index (χ1n) is 5.49. The van der Waals surface area contributed by atoms with Crippen molar-refractivity contribution in [2.45, 2.75) is 51.6 Å². The molecule has 1 aliphatic carbocycles. The number of rotatable bonds is 4. The number of nitrogens with two attached hydrogens (primary N) is 1. The molecule has 0 atom stereocenters. The van der Waals surface area contributed by atoms with E-state index >= 15 is 0 Å². The van der Waals surface area contributed by atoms with Crippen LogP contribution in [0.25, 0.3) is 0 Å². The van der Waals surface area contributed by atoms with Gasteiger partial charge in [-0.25, -0.2) is 4.79 Å². The molecule has 3 N–H and O–H groups in total. The molecule has 1 saturated carbocycles. The molecule has 5 nitrogen and oxygen atoms in total. The van der Waals surface area contributed by atoms with Crippen LogP contribution >= 0.6 is 0 Å². The predicted molar refractivity (Wildman–Crippen MR) is 57.9 cm³/mol. The smallest absolute Gasteiger partial charge is 0.405 e. The van der Waals surface area contributed by atoms with Crippen molar-refractivity contribution in [1.82, 2.24) is 0 Å². The van der Waals surface area contributed by atoms with E-state index in [9.17, 15) is 14.7 Å². The molecule has 0 heterocycles. The summed E-state index contributed by atoms with van der Waals surface area (Å²) in [5.41, 5.74) is 3.39. The Kier molecular flexibility index (Phi) is 3.45. The van der Waals surface area contributed by atoms with Gasteiger partial charge in [0.25, 0.3) is 0 Å². The van der Waals surface area contributed by atoms with Gasteiger partial charge in [0, 0.05) is 6.42 Å². The summed E-state index contributed by atoms with van der Waals surface area (Å²) < 4.78 is 4.95. The summed E-state index contributed by atoms with van der Waals surface area (Å²) in [7, 11) is 0. The van der Waals surface area contributed by atoms with Gasteiger partial charge in [-0.2, -0.15) is 0 Å². The molecule has 0 aromatic carbocycles. The molecule has 1 amide bonds. The van der Waals surface area contributed by atoms with E-state index in [1.54, 1.807) is 13.8 Å². The Balaban J connectivity index is 2.75. The molecule has 1 fully saturated rings. The maximum Gasteiger partial charge on any atom is 0.405 e. The van der Waals surface area contributed by atoms with E-state index in [-0.39, 0.29) is 0 Å². The zero-order valence-corrected chi connectivity index (χ0v) is 9.78. The Morgan fingerprint density at radius 2 is 1.88 bits per heavy atom. The van der Waals surface area contributed by atoms with Crippen LogP contribution in [0.3, 0.4) is 0 Å². The summed E-state index contributed by atoms with van der Waals surface area (Å²) in [5, 5.41) is 9.29. The second kappa shape index (κ2) is 4.31. The fraction of sp³-hybridized carbons (Fsp3) is 0.818. The summed E-state index contributed by atoms with van der Waals surface area (Å²) in [6, 6.07) is 0. The van der Waals surface area contributed by atoms with E-state index in [0.29, 0.717) is 19.3 Å². The van der Waals surface area contributed by atoms with Crippen molar-refractivity contribution >= 4 is 12.1 Å². The van der Waals surface area contributed by atoms with Crippen LogP contribution in [0.15, 0.2) is 0 Å². The minimum Gasteiger partial charge on any atom is -0.481 e. The quantitative estimate of drug-likeness (QED) is 0.770. The Bertz CT molecular complexity index is 292. The summed E-state index contributed by atoms with van der Waals surface area (Å²) in [6.07, 6.45) is 2.58. The number of carboxylic acid groups (broad SMARTS) is 1. The lowest BCUT2D eigenvalue weighted by molar-refractivity contribution is -0.152. The zero-order chi connectivity index (χ0) is 12.4. The molecule has 0 bridgehead atoms. The summed E-state index contributed by atoms with van der Waals surface area (Å²) >= 11 is 0. The number of carboxylic acids is 1. The SMILES string of the molecule is CC(C)(CC1(C(=O)O)CCCC1)OC(N)=O. The van der Waals surface area contributed by atoms with E-state index in [1.165, 1.54) is 0 Å². The third kappa shape index (κ3) is 2.87. The topological polar surface area (TPSA) is 89.6 Å². The second-order valence-electron chi connectivity index (χ2n) is 5.15. The minimum atomic E-state index is -0.858. The van der Waals surface area contributed by atoms with Crippen molar-refractivity contribution in [3.8, 4) is 0 Å². The summed E-state index contributed by atoms with van der Waals surface area (Å²) in [4.78, 5) is 22.0. The molecule has 1 aliphatic rings. The third-order valence-corrected chi connectivity index (χ3v) is 3.16. The van der Waals surface area contributed by atoms with Crippen LogP contribution in [0.4, 0.5) is 4.79 Å². The molecule has 0 aliphatic heterocycles. The number of amides is 1. The van der Waals surface area contributed by atoms with Crippen molar-refractivity contribution < 1.29 is 19.4 Å². The largest absolute Gasteiger partial charge is 0.481 e. The fourth-order valence-electron chi connectivity index (χ4n) is 2.64. The van der Waals surface area contributed by atoms with Crippen LogP contribution in [0, 0.1) is 5.41 Å². The first-order chi connectivity index (χ1) is 7.27. The zero-order valence-electron chi connectivity index (χ0n) is 9.78. The second-order valence-corrected chi connectivity index (χ2v) is 5.15. The number of primary amides is 1. The lowest BCUT2D eigenvalue weighted by Crippen LogP contribution is -2.40. The molecule has 0 spiro atoms. The summed E-state index contributed by atoms with van der Waals surface area (Å²) in [6.45, 7) is 3.39. The van der Waals surface area contributed by atoms with E-state index in [4.69, 9.17) is 10.5 Å². The lowest BCUT2D eigenvalue weighted by Gasteiger charge is -2.33. The Morgan fingerprint density at radius 1 is 1.38 bits per heavy atom. The molecular weight excluding hydrogens is 210 g/mol. The molecule has 0 unspecified atom stereocenters. The standard InChI is InChI=1S/C11H19NO4/c1-10(2,16-9(12)15)7-11(8(13)14)5-3-4-6-11/h3-7H2,1-2H3,(H2,12,15)(H,13,14). The van der Waals surface area contributed by atoms with Crippen molar-refractivity contribution in [2.75, 3.05) is 0 Å². The molecule has 0 aromatic heterocycles. The van der Waals surface area contributed by atoms with Gasteiger partial charge in [-0.3, -0.25) is 4.79 Å². The fourth-order valence-corrected chi connectivity index (χ4v) is 2.64. The highest BCUT2D eigenvalue weighted by Crippen LogP contribution is 2.45. The van der Waals surface area contributed by atoms with Crippen molar-refractivity contribution in [3.05, 3.63) is 0 Å². The first kappa shape index (κ1) is 12.8. The van der Waals surface area contributed by atoms with Gasteiger partial charge in [0.15, 0.2) is 0 Å². The van der Waals surface area contributed by atoms with Crippen molar-refractivity contribution in [2.24, 2.45) is 11.1 Å². The van der Waals surface area contributed by atoms with Gasteiger partial charge in [0.05, 0.1) is 5.41 Å². The number of hydrogen-bond donors (Lipinski definition) is 2.